The van der Waals surface area contributed by atoms with Crippen LogP contribution in [0.2, 0.25) is 0 Å². The van der Waals surface area contributed by atoms with Crippen LogP contribution in [-0.2, 0) is 5.75 Å². The van der Waals surface area contributed by atoms with Gasteiger partial charge in [-0.2, -0.15) is 0 Å². The molecule has 0 aliphatic heterocycles. The summed E-state index contributed by atoms with van der Waals surface area (Å²) in [5.41, 5.74) is 1.01. The van der Waals surface area contributed by atoms with Crippen LogP contribution in [0, 0.1) is 0 Å². The van der Waals surface area contributed by atoms with E-state index in [1.54, 1.807) is 18.0 Å². The third kappa shape index (κ3) is 3.44. The Labute approximate surface area is 127 Å². The monoisotopic (exact) mass is 297 g/mol. The van der Waals surface area contributed by atoms with E-state index < -0.39 is 0 Å². The molecule has 0 atom stereocenters. The molecule has 0 saturated heterocycles. The van der Waals surface area contributed by atoms with Crippen molar-refractivity contribution in [3.05, 3.63) is 60.6 Å². The number of anilines is 1. The average Bonchev–Trinajstić information content (AvgIpc) is 3.07. The number of nitrogens with zero attached hydrogens (tertiary/aromatic N) is 2. The van der Waals surface area contributed by atoms with Gasteiger partial charge in [0.05, 0.1) is 12.0 Å². The summed E-state index contributed by atoms with van der Waals surface area (Å²) in [6.45, 7) is 0. The molecular weight excluding hydrogens is 282 g/mol. The molecule has 0 unspecified atom stereocenters. The molecule has 0 aliphatic rings. The van der Waals surface area contributed by atoms with Crippen molar-refractivity contribution >= 4 is 17.6 Å². The van der Waals surface area contributed by atoms with Crippen LogP contribution < -0.4 is 5.32 Å². The van der Waals surface area contributed by atoms with Crippen molar-refractivity contribution in [2.45, 2.75) is 10.8 Å². The third-order valence-corrected chi connectivity index (χ3v) is 3.87. The Kier molecular flexibility index (Phi) is 4.21. The Bertz CT molecular complexity index is 699. The van der Waals surface area contributed by atoms with Gasteiger partial charge < -0.3 is 9.73 Å². The van der Waals surface area contributed by atoms with Crippen molar-refractivity contribution in [2.24, 2.45) is 0 Å². The number of benzene rings is 1. The van der Waals surface area contributed by atoms with Gasteiger partial charge in [-0.15, -0.1) is 0 Å². The number of furan rings is 1. The van der Waals surface area contributed by atoms with E-state index >= 15 is 0 Å². The molecule has 4 nitrogen and oxygen atoms in total. The Morgan fingerprint density at radius 2 is 1.95 bits per heavy atom. The standard InChI is InChI=1S/C16H15N3OS/c1-17-14-10-15(21-11-13-8-5-9-20-13)19-16(18-14)12-6-3-2-4-7-12/h2-10H,11H2,1H3,(H,17,18,19). The first-order chi connectivity index (χ1) is 10.3. The molecule has 2 heterocycles. The van der Waals surface area contributed by atoms with Crippen LogP contribution >= 0.6 is 11.8 Å². The normalized spacial score (nSPS) is 10.5. The number of rotatable bonds is 5. The molecule has 5 heteroatoms. The summed E-state index contributed by atoms with van der Waals surface area (Å²) in [4.78, 5) is 9.13. The molecule has 0 radical (unpaired) electrons. The zero-order valence-electron chi connectivity index (χ0n) is 11.6. The lowest BCUT2D eigenvalue weighted by Crippen LogP contribution is -1.98. The van der Waals surface area contributed by atoms with Gasteiger partial charge in [0.2, 0.25) is 0 Å². The van der Waals surface area contributed by atoms with Gasteiger partial charge in [0.15, 0.2) is 5.82 Å². The fourth-order valence-corrected chi connectivity index (χ4v) is 2.68. The first-order valence-electron chi connectivity index (χ1n) is 6.62. The number of hydrogen-bond donors (Lipinski definition) is 1. The van der Waals surface area contributed by atoms with Crippen molar-refractivity contribution < 1.29 is 4.42 Å². The molecule has 2 aromatic heterocycles. The summed E-state index contributed by atoms with van der Waals surface area (Å²) in [6, 6.07) is 15.8. The quantitative estimate of drug-likeness (QED) is 0.568. The van der Waals surface area contributed by atoms with Crippen LogP contribution in [0.25, 0.3) is 11.4 Å². The van der Waals surface area contributed by atoms with Gasteiger partial charge in [-0.1, -0.05) is 42.1 Å². The highest BCUT2D eigenvalue weighted by Gasteiger charge is 2.07. The Morgan fingerprint density at radius 1 is 1.10 bits per heavy atom. The highest BCUT2D eigenvalue weighted by Crippen LogP contribution is 2.26. The molecule has 1 N–H and O–H groups in total. The largest absolute Gasteiger partial charge is 0.468 e. The van der Waals surface area contributed by atoms with Gasteiger partial charge >= 0.3 is 0 Å². The fourth-order valence-electron chi connectivity index (χ4n) is 1.88. The van der Waals surface area contributed by atoms with Crippen LogP contribution in [0.3, 0.4) is 0 Å². The van der Waals surface area contributed by atoms with E-state index in [2.05, 4.69) is 15.3 Å². The highest BCUT2D eigenvalue weighted by molar-refractivity contribution is 7.98. The topological polar surface area (TPSA) is 51.0 Å². The van der Waals surface area contributed by atoms with Gasteiger partial charge in [0.25, 0.3) is 0 Å². The van der Waals surface area contributed by atoms with Gasteiger partial charge in [0, 0.05) is 18.7 Å². The lowest BCUT2D eigenvalue weighted by atomic mass is 10.2. The van der Waals surface area contributed by atoms with Crippen LogP contribution in [0.15, 0.2) is 64.2 Å². The van der Waals surface area contributed by atoms with Crippen molar-refractivity contribution in [1.29, 1.82) is 0 Å². The second kappa shape index (κ2) is 6.45. The average molecular weight is 297 g/mol. The number of aromatic nitrogens is 2. The Hall–Kier alpha value is -2.27. The van der Waals surface area contributed by atoms with Crippen molar-refractivity contribution in [1.82, 2.24) is 9.97 Å². The van der Waals surface area contributed by atoms with E-state index in [-0.39, 0.29) is 0 Å². The number of thioether (sulfide) groups is 1. The van der Waals surface area contributed by atoms with Crippen molar-refractivity contribution in [3.8, 4) is 11.4 Å². The van der Waals surface area contributed by atoms with E-state index in [0.29, 0.717) is 0 Å². The van der Waals surface area contributed by atoms with Crippen LogP contribution in [0.5, 0.6) is 0 Å². The number of nitrogens with one attached hydrogen (secondary N) is 1. The molecular formula is C16H15N3OS. The van der Waals surface area contributed by atoms with E-state index in [0.717, 1.165) is 33.7 Å². The number of hydrogen-bond acceptors (Lipinski definition) is 5. The first kappa shape index (κ1) is 13.7. The third-order valence-electron chi connectivity index (χ3n) is 2.93. The molecule has 0 spiro atoms. The van der Waals surface area contributed by atoms with Crippen molar-refractivity contribution in [2.75, 3.05) is 12.4 Å². The van der Waals surface area contributed by atoms with Gasteiger partial charge in [0.1, 0.15) is 16.6 Å². The molecule has 1 aromatic carbocycles. The Morgan fingerprint density at radius 3 is 2.67 bits per heavy atom. The lowest BCUT2D eigenvalue weighted by molar-refractivity contribution is 0.530. The molecule has 3 rings (SSSR count). The van der Waals surface area contributed by atoms with Crippen molar-refractivity contribution in [3.63, 3.8) is 0 Å². The lowest BCUT2D eigenvalue weighted by Gasteiger charge is -2.07. The van der Waals surface area contributed by atoms with E-state index in [9.17, 15) is 0 Å². The van der Waals surface area contributed by atoms with Crippen LogP contribution in [0.4, 0.5) is 5.82 Å². The van der Waals surface area contributed by atoms with E-state index in [4.69, 9.17) is 4.42 Å². The summed E-state index contributed by atoms with van der Waals surface area (Å²) >= 11 is 1.63. The second-order valence-corrected chi connectivity index (χ2v) is 5.39. The summed E-state index contributed by atoms with van der Waals surface area (Å²) in [6.07, 6.45) is 1.68. The predicted octanol–water partition coefficient (Wildman–Crippen LogP) is 4.07. The molecule has 0 saturated carbocycles. The summed E-state index contributed by atoms with van der Waals surface area (Å²) in [5.74, 6) is 3.22. The summed E-state index contributed by atoms with van der Waals surface area (Å²) < 4.78 is 5.35. The molecule has 21 heavy (non-hydrogen) atoms. The van der Waals surface area contributed by atoms with Gasteiger partial charge in [-0.25, -0.2) is 9.97 Å². The minimum Gasteiger partial charge on any atom is -0.468 e. The predicted molar refractivity (Wildman–Crippen MR) is 85.3 cm³/mol. The molecule has 0 amide bonds. The molecule has 106 valence electrons. The van der Waals surface area contributed by atoms with Crippen LogP contribution in [-0.4, -0.2) is 17.0 Å². The minimum absolute atomic E-state index is 0.726. The zero-order valence-corrected chi connectivity index (χ0v) is 12.4. The second-order valence-electron chi connectivity index (χ2n) is 4.40. The maximum absolute atomic E-state index is 5.35. The summed E-state index contributed by atoms with van der Waals surface area (Å²) in [5, 5.41) is 4.00. The first-order valence-corrected chi connectivity index (χ1v) is 7.61. The minimum atomic E-state index is 0.726. The molecule has 0 fully saturated rings. The zero-order chi connectivity index (χ0) is 14.5. The maximum atomic E-state index is 5.35. The van der Waals surface area contributed by atoms with E-state index in [1.807, 2.05) is 55.6 Å². The smallest absolute Gasteiger partial charge is 0.162 e. The van der Waals surface area contributed by atoms with Gasteiger partial charge in [-0.05, 0) is 12.1 Å². The molecule has 0 aliphatic carbocycles. The molecule has 0 bridgehead atoms. The SMILES string of the molecule is CNc1cc(SCc2ccco2)nc(-c2ccccc2)n1. The maximum Gasteiger partial charge on any atom is 0.162 e. The fraction of sp³-hybridized carbons (Fsp3) is 0.125. The molecule has 3 aromatic rings. The van der Waals surface area contributed by atoms with Gasteiger partial charge in [-0.3, -0.25) is 0 Å². The van der Waals surface area contributed by atoms with Crippen LogP contribution in [0.1, 0.15) is 5.76 Å². The Balaban J connectivity index is 1.86. The highest BCUT2D eigenvalue weighted by atomic mass is 32.2. The van der Waals surface area contributed by atoms with E-state index in [1.165, 1.54) is 0 Å². The summed E-state index contributed by atoms with van der Waals surface area (Å²) in [7, 11) is 1.86.